The van der Waals surface area contributed by atoms with Crippen LogP contribution in [0.5, 0.6) is 0 Å². The number of hydrogen-bond donors (Lipinski definition) is 0. The number of likely N-dealkylation sites (tertiary alicyclic amines) is 1. The van der Waals surface area contributed by atoms with E-state index >= 15 is 0 Å². The molecular weight excluding hydrogens is 374 g/mol. The van der Waals surface area contributed by atoms with E-state index in [0.29, 0.717) is 19.6 Å². The van der Waals surface area contributed by atoms with Crippen molar-refractivity contribution in [2.75, 3.05) is 33.7 Å². The van der Waals surface area contributed by atoms with Crippen molar-refractivity contribution in [2.24, 2.45) is 11.3 Å². The van der Waals surface area contributed by atoms with E-state index in [1.807, 2.05) is 23.1 Å². The number of piperidine rings is 1. The molecule has 0 saturated carbocycles. The highest BCUT2D eigenvalue weighted by molar-refractivity contribution is 7.86. The lowest BCUT2D eigenvalue weighted by Gasteiger charge is -2.42. The van der Waals surface area contributed by atoms with Gasteiger partial charge in [0, 0.05) is 45.7 Å². The molecule has 2 aliphatic rings. The van der Waals surface area contributed by atoms with Gasteiger partial charge in [0.25, 0.3) is 10.2 Å². The average Bonchev–Trinajstić information content (AvgIpc) is 2.83. The molecule has 0 aliphatic carbocycles. The van der Waals surface area contributed by atoms with Crippen molar-refractivity contribution in [3.8, 4) is 0 Å². The largest absolute Gasteiger partial charge is 0.338 e. The molecule has 6 nitrogen and oxygen atoms in total. The Bertz CT molecular complexity index is 773. The zero-order chi connectivity index (χ0) is 20.4. The molecule has 0 spiro atoms. The fourth-order valence-electron chi connectivity index (χ4n) is 4.65. The molecule has 7 heteroatoms. The molecular formula is C21H33N3O3S. The molecule has 1 amide bonds. The molecule has 0 N–H and O–H groups in total. The van der Waals surface area contributed by atoms with Crippen molar-refractivity contribution in [3.05, 3.63) is 35.9 Å². The van der Waals surface area contributed by atoms with Crippen LogP contribution in [-0.2, 0) is 21.5 Å². The third kappa shape index (κ3) is 4.26. The van der Waals surface area contributed by atoms with E-state index in [-0.39, 0.29) is 11.8 Å². The van der Waals surface area contributed by atoms with Gasteiger partial charge in [0.2, 0.25) is 5.91 Å². The molecule has 1 aromatic rings. The van der Waals surface area contributed by atoms with E-state index in [1.165, 1.54) is 4.31 Å². The highest BCUT2D eigenvalue weighted by Gasteiger charge is 2.46. The molecule has 2 heterocycles. The van der Waals surface area contributed by atoms with Gasteiger partial charge in [-0.1, -0.05) is 43.7 Å². The van der Waals surface area contributed by atoms with Crippen molar-refractivity contribution >= 4 is 16.1 Å². The van der Waals surface area contributed by atoms with Crippen LogP contribution in [0.25, 0.3) is 0 Å². The summed E-state index contributed by atoms with van der Waals surface area (Å²) in [6.07, 6.45) is 4.46. The molecule has 2 aliphatic heterocycles. The Morgan fingerprint density at radius 1 is 1.07 bits per heavy atom. The van der Waals surface area contributed by atoms with Crippen molar-refractivity contribution in [1.29, 1.82) is 0 Å². The maximum atomic E-state index is 13.5. The van der Waals surface area contributed by atoms with Crippen LogP contribution < -0.4 is 0 Å². The first-order valence-electron chi connectivity index (χ1n) is 10.3. The minimum absolute atomic E-state index is 0.227. The molecule has 2 saturated heterocycles. The second-order valence-electron chi connectivity index (χ2n) is 8.55. The zero-order valence-electron chi connectivity index (χ0n) is 17.3. The number of carbonyl (C=O) groups excluding carboxylic acids is 1. The van der Waals surface area contributed by atoms with Crippen molar-refractivity contribution in [2.45, 2.75) is 45.6 Å². The molecule has 0 bridgehead atoms. The predicted molar refractivity (Wildman–Crippen MR) is 111 cm³/mol. The molecule has 2 fully saturated rings. The summed E-state index contributed by atoms with van der Waals surface area (Å²) in [6, 6.07) is 10.2. The first-order chi connectivity index (χ1) is 13.2. The second-order valence-corrected chi connectivity index (χ2v) is 10.7. The lowest BCUT2D eigenvalue weighted by atomic mass is 9.69. The van der Waals surface area contributed by atoms with Gasteiger partial charge in [-0.15, -0.1) is 0 Å². The van der Waals surface area contributed by atoms with Gasteiger partial charge in [-0.3, -0.25) is 4.79 Å². The van der Waals surface area contributed by atoms with Gasteiger partial charge in [0.05, 0.1) is 0 Å². The Labute approximate surface area is 169 Å². The first kappa shape index (κ1) is 21.3. The van der Waals surface area contributed by atoms with E-state index in [4.69, 9.17) is 0 Å². The van der Waals surface area contributed by atoms with Crippen LogP contribution in [0.1, 0.15) is 44.6 Å². The smallest absolute Gasteiger partial charge is 0.281 e. The predicted octanol–water partition coefficient (Wildman–Crippen LogP) is 2.72. The van der Waals surface area contributed by atoms with Crippen LogP contribution in [0.2, 0.25) is 0 Å². The molecule has 0 radical (unpaired) electrons. The van der Waals surface area contributed by atoms with Crippen LogP contribution in [0.15, 0.2) is 30.3 Å². The number of rotatable bonds is 5. The summed E-state index contributed by atoms with van der Waals surface area (Å²) >= 11 is 0. The van der Waals surface area contributed by atoms with Gasteiger partial charge in [0.15, 0.2) is 0 Å². The minimum Gasteiger partial charge on any atom is -0.338 e. The van der Waals surface area contributed by atoms with Gasteiger partial charge in [-0.2, -0.15) is 17.0 Å². The fraction of sp³-hybridized carbons (Fsp3) is 0.667. The molecule has 3 rings (SSSR count). The second kappa shape index (κ2) is 8.51. The normalized spacial score (nSPS) is 25.9. The number of hydrogen-bond acceptors (Lipinski definition) is 3. The standard InChI is InChI=1S/C21H33N3O3S/c1-21(19-11-15-24(16-12-19)28(26,27)22(2)3)13-7-8-14-23(20(21)25)17-18-9-5-4-6-10-18/h4-6,9-10,19H,7-8,11-17H2,1-3H3/t21-/m0/s1. The summed E-state index contributed by atoms with van der Waals surface area (Å²) in [5.41, 5.74) is 0.756. The lowest BCUT2D eigenvalue weighted by molar-refractivity contribution is -0.145. The van der Waals surface area contributed by atoms with Crippen LogP contribution in [-0.4, -0.2) is 61.6 Å². The SMILES string of the molecule is CN(C)S(=O)(=O)N1CCC([C@]2(C)CCCCN(Cc3ccccc3)C2=O)CC1. The highest BCUT2D eigenvalue weighted by atomic mass is 32.2. The number of amides is 1. The van der Waals surface area contributed by atoms with Crippen molar-refractivity contribution < 1.29 is 13.2 Å². The molecule has 1 atom stereocenters. The van der Waals surface area contributed by atoms with Gasteiger partial charge in [-0.05, 0) is 37.2 Å². The van der Waals surface area contributed by atoms with E-state index in [0.717, 1.165) is 44.2 Å². The number of benzene rings is 1. The third-order valence-corrected chi connectivity index (χ3v) is 8.45. The topological polar surface area (TPSA) is 60.9 Å². The summed E-state index contributed by atoms with van der Waals surface area (Å²) in [6.45, 7) is 4.55. The van der Waals surface area contributed by atoms with Crippen LogP contribution in [0.4, 0.5) is 0 Å². The quantitative estimate of drug-likeness (QED) is 0.754. The summed E-state index contributed by atoms with van der Waals surface area (Å²) in [7, 11) is -0.238. The van der Waals surface area contributed by atoms with Crippen molar-refractivity contribution in [3.63, 3.8) is 0 Å². The Balaban J connectivity index is 1.72. The summed E-state index contributed by atoms with van der Waals surface area (Å²) in [4.78, 5) is 15.6. The van der Waals surface area contributed by atoms with Crippen LogP contribution in [0, 0.1) is 11.3 Å². The summed E-state index contributed by atoms with van der Waals surface area (Å²) in [5.74, 6) is 0.466. The van der Waals surface area contributed by atoms with E-state index < -0.39 is 15.6 Å². The van der Waals surface area contributed by atoms with Crippen molar-refractivity contribution in [1.82, 2.24) is 13.5 Å². The Morgan fingerprint density at radius 2 is 1.71 bits per heavy atom. The number of carbonyl (C=O) groups is 1. The highest BCUT2D eigenvalue weighted by Crippen LogP contribution is 2.43. The maximum Gasteiger partial charge on any atom is 0.281 e. The lowest BCUT2D eigenvalue weighted by Crippen LogP contribution is -2.50. The fourth-order valence-corrected chi connectivity index (χ4v) is 5.79. The van der Waals surface area contributed by atoms with Gasteiger partial charge in [-0.25, -0.2) is 0 Å². The first-order valence-corrected chi connectivity index (χ1v) is 11.7. The average molecular weight is 408 g/mol. The Kier molecular flexibility index (Phi) is 6.47. The van der Waals surface area contributed by atoms with Gasteiger partial charge >= 0.3 is 0 Å². The zero-order valence-corrected chi connectivity index (χ0v) is 18.1. The van der Waals surface area contributed by atoms with Crippen LogP contribution >= 0.6 is 0 Å². The van der Waals surface area contributed by atoms with E-state index in [9.17, 15) is 13.2 Å². The Hall–Kier alpha value is -1.44. The molecule has 1 aromatic carbocycles. The minimum atomic E-state index is -3.37. The number of nitrogens with zero attached hydrogens (tertiary/aromatic N) is 3. The van der Waals surface area contributed by atoms with Gasteiger partial charge in [0.1, 0.15) is 0 Å². The Morgan fingerprint density at radius 3 is 2.32 bits per heavy atom. The molecule has 28 heavy (non-hydrogen) atoms. The molecule has 156 valence electrons. The van der Waals surface area contributed by atoms with E-state index in [1.54, 1.807) is 18.4 Å². The molecule has 0 aromatic heterocycles. The third-order valence-electron chi connectivity index (χ3n) is 6.51. The summed E-state index contributed by atoms with van der Waals surface area (Å²) in [5, 5.41) is 0. The van der Waals surface area contributed by atoms with Crippen LogP contribution in [0.3, 0.4) is 0 Å². The van der Waals surface area contributed by atoms with E-state index in [2.05, 4.69) is 19.1 Å². The monoisotopic (exact) mass is 407 g/mol. The summed E-state index contributed by atoms with van der Waals surface area (Å²) < 4.78 is 27.6. The van der Waals surface area contributed by atoms with Gasteiger partial charge < -0.3 is 4.90 Å². The maximum absolute atomic E-state index is 13.5. The molecule has 0 unspecified atom stereocenters.